The summed E-state index contributed by atoms with van der Waals surface area (Å²) in [5.41, 5.74) is -0.121. The molecule has 0 bridgehead atoms. The van der Waals surface area contributed by atoms with Gasteiger partial charge in [-0.15, -0.1) is 0 Å². The molecule has 1 N–H and O–H groups in total. The molecule has 0 aliphatic carbocycles. The van der Waals surface area contributed by atoms with Gasteiger partial charge in [-0.3, -0.25) is 9.10 Å². The fourth-order valence-electron chi connectivity index (χ4n) is 2.51. The fourth-order valence-corrected chi connectivity index (χ4v) is 3.67. The van der Waals surface area contributed by atoms with E-state index in [9.17, 15) is 22.0 Å². The molecule has 0 unspecified atom stereocenters. The lowest BCUT2D eigenvalue weighted by atomic mass is 10.2. The zero-order chi connectivity index (χ0) is 19.3. The van der Waals surface area contributed by atoms with Crippen molar-refractivity contribution in [1.82, 2.24) is 5.32 Å². The van der Waals surface area contributed by atoms with Crippen LogP contribution >= 0.6 is 0 Å². The molecule has 6 nitrogen and oxygen atoms in total. The number of nitrogens with one attached hydrogen (secondary N) is 1. The molecule has 1 atom stereocenters. The van der Waals surface area contributed by atoms with Gasteiger partial charge in [0.05, 0.1) is 18.2 Å². The van der Waals surface area contributed by atoms with Crippen molar-refractivity contribution in [2.24, 2.45) is 0 Å². The molecule has 26 heavy (non-hydrogen) atoms. The molecule has 2 aromatic rings. The summed E-state index contributed by atoms with van der Waals surface area (Å²) in [5.74, 6) is -2.05. The Labute approximate surface area is 150 Å². The van der Waals surface area contributed by atoms with Crippen molar-refractivity contribution in [1.29, 1.82) is 0 Å². The predicted octanol–water partition coefficient (Wildman–Crippen LogP) is 2.46. The lowest BCUT2D eigenvalue weighted by molar-refractivity contribution is -0.121. The first kappa shape index (κ1) is 19.9. The van der Waals surface area contributed by atoms with Gasteiger partial charge in [0, 0.05) is 19.0 Å². The Balaban J connectivity index is 2.04. The molecule has 1 aromatic heterocycles. The molecule has 0 saturated carbocycles. The van der Waals surface area contributed by atoms with Gasteiger partial charge in [0.15, 0.2) is 11.6 Å². The highest BCUT2D eigenvalue weighted by Crippen LogP contribution is 2.23. The van der Waals surface area contributed by atoms with Crippen LogP contribution in [0.1, 0.15) is 19.1 Å². The first-order valence-electron chi connectivity index (χ1n) is 7.94. The normalized spacial score (nSPS) is 12.6. The number of rotatable bonds is 8. The van der Waals surface area contributed by atoms with Crippen LogP contribution in [-0.4, -0.2) is 33.2 Å². The number of amides is 1. The van der Waals surface area contributed by atoms with E-state index in [1.807, 2.05) is 6.07 Å². The molecule has 9 heteroatoms. The number of furan rings is 1. The van der Waals surface area contributed by atoms with Crippen LogP contribution in [0.5, 0.6) is 0 Å². The summed E-state index contributed by atoms with van der Waals surface area (Å²) in [5, 5.41) is 2.64. The number of anilines is 1. The molecule has 0 aliphatic heterocycles. The fraction of sp³-hybridized carbons (Fsp3) is 0.353. The van der Waals surface area contributed by atoms with Gasteiger partial charge in [0.2, 0.25) is 15.9 Å². The third kappa shape index (κ3) is 5.04. The summed E-state index contributed by atoms with van der Waals surface area (Å²) in [6.45, 7) is 1.70. The summed E-state index contributed by atoms with van der Waals surface area (Å²) in [6.07, 6.45) is 3.69. The third-order valence-corrected chi connectivity index (χ3v) is 4.97. The van der Waals surface area contributed by atoms with Crippen molar-refractivity contribution in [3.05, 3.63) is 54.0 Å². The highest BCUT2D eigenvalue weighted by atomic mass is 32.2. The number of halogens is 2. The van der Waals surface area contributed by atoms with Crippen LogP contribution in [0.4, 0.5) is 14.5 Å². The minimum absolute atomic E-state index is 0.121. The van der Waals surface area contributed by atoms with Crippen molar-refractivity contribution >= 4 is 21.6 Å². The van der Waals surface area contributed by atoms with Crippen molar-refractivity contribution in [2.45, 2.75) is 25.8 Å². The Morgan fingerprint density at radius 3 is 2.58 bits per heavy atom. The molecule has 0 aliphatic rings. The van der Waals surface area contributed by atoms with Crippen molar-refractivity contribution in [3.63, 3.8) is 0 Å². The Bertz CT molecular complexity index is 854. The van der Waals surface area contributed by atoms with Gasteiger partial charge in [-0.1, -0.05) is 0 Å². The van der Waals surface area contributed by atoms with E-state index in [-0.39, 0.29) is 5.69 Å². The first-order valence-corrected chi connectivity index (χ1v) is 9.79. The topological polar surface area (TPSA) is 79.6 Å². The molecular weight excluding hydrogens is 366 g/mol. The van der Waals surface area contributed by atoms with Gasteiger partial charge in [-0.05, 0) is 37.6 Å². The Morgan fingerprint density at radius 2 is 2.00 bits per heavy atom. The second-order valence-electron chi connectivity index (χ2n) is 5.81. The maximum absolute atomic E-state index is 13.5. The van der Waals surface area contributed by atoms with Crippen LogP contribution in [-0.2, 0) is 21.2 Å². The molecule has 2 rings (SSSR count). The van der Waals surface area contributed by atoms with E-state index in [4.69, 9.17) is 4.42 Å². The third-order valence-electron chi connectivity index (χ3n) is 3.73. The first-order chi connectivity index (χ1) is 12.2. The van der Waals surface area contributed by atoms with Gasteiger partial charge >= 0.3 is 0 Å². The summed E-state index contributed by atoms with van der Waals surface area (Å²) in [4.78, 5) is 12.3. The monoisotopic (exact) mass is 386 g/mol. The number of carbonyl (C=O) groups is 1. The van der Waals surface area contributed by atoms with Crippen molar-refractivity contribution < 1.29 is 26.4 Å². The maximum Gasteiger partial charge on any atom is 0.243 e. The summed E-state index contributed by atoms with van der Waals surface area (Å²) in [6, 6.07) is 5.13. The van der Waals surface area contributed by atoms with Crippen LogP contribution in [0.3, 0.4) is 0 Å². The molecule has 1 aromatic carbocycles. The number of hydrogen-bond donors (Lipinski definition) is 1. The van der Waals surface area contributed by atoms with Gasteiger partial charge < -0.3 is 9.73 Å². The van der Waals surface area contributed by atoms with Crippen LogP contribution in [0, 0.1) is 11.6 Å². The molecule has 0 spiro atoms. The Morgan fingerprint density at radius 1 is 1.27 bits per heavy atom. The van der Waals surface area contributed by atoms with Gasteiger partial charge in [-0.2, -0.15) is 0 Å². The number of sulfonamides is 1. The minimum Gasteiger partial charge on any atom is -0.469 e. The van der Waals surface area contributed by atoms with Crippen LogP contribution < -0.4 is 9.62 Å². The zero-order valence-electron chi connectivity index (χ0n) is 14.4. The summed E-state index contributed by atoms with van der Waals surface area (Å²) >= 11 is 0. The number of hydrogen-bond acceptors (Lipinski definition) is 4. The number of carbonyl (C=O) groups excluding carboxylic acids is 1. The van der Waals surface area contributed by atoms with E-state index in [0.29, 0.717) is 19.4 Å². The van der Waals surface area contributed by atoms with Gasteiger partial charge in [0.25, 0.3) is 0 Å². The molecule has 0 fully saturated rings. The average molecular weight is 386 g/mol. The van der Waals surface area contributed by atoms with Crippen LogP contribution in [0.2, 0.25) is 0 Å². The highest BCUT2D eigenvalue weighted by molar-refractivity contribution is 7.92. The average Bonchev–Trinajstić information content (AvgIpc) is 3.07. The molecule has 0 saturated heterocycles. The van der Waals surface area contributed by atoms with E-state index in [2.05, 4.69) is 5.32 Å². The maximum atomic E-state index is 13.5. The van der Waals surface area contributed by atoms with E-state index in [1.165, 1.54) is 6.92 Å². The molecule has 142 valence electrons. The molecule has 0 radical (unpaired) electrons. The second kappa shape index (κ2) is 8.31. The number of nitrogens with zero attached hydrogens (tertiary/aromatic N) is 1. The molecule has 1 amide bonds. The van der Waals surface area contributed by atoms with E-state index >= 15 is 0 Å². The Hall–Kier alpha value is -2.42. The largest absolute Gasteiger partial charge is 0.469 e. The van der Waals surface area contributed by atoms with Crippen LogP contribution in [0.15, 0.2) is 41.0 Å². The van der Waals surface area contributed by atoms with E-state index in [0.717, 1.165) is 34.5 Å². The zero-order valence-corrected chi connectivity index (χ0v) is 15.2. The predicted molar refractivity (Wildman–Crippen MR) is 93.2 cm³/mol. The smallest absolute Gasteiger partial charge is 0.243 e. The number of benzene rings is 1. The highest BCUT2D eigenvalue weighted by Gasteiger charge is 2.29. The molecule has 1 heterocycles. The van der Waals surface area contributed by atoms with Crippen LogP contribution in [0.25, 0.3) is 0 Å². The molecular formula is C17H20F2N2O4S. The minimum atomic E-state index is -3.89. The van der Waals surface area contributed by atoms with Gasteiger partial charge in [0.1, 0.15) is 11.8 Å². The van der Waals surface area contributed by atoms with Gasteiger partial charge in [-0.25, -0.2) is 17.2 Å². The van der Waals surface area contributed by atoms with E-state index in [1.54, 1.807) is 12.3 Å². The van der Waals surface area contributed by atoms with Crippen molar-refractivity contribution in [2.75, 3.05) is 17.1 Å². The van der Waals surface area contributed by atoms with Crippen molar-refractivity contribution in [3.8, 4) is 0 Å². The number of aryl methyl sites for hydroxylation is 1. The quantitative estimate of drug-likeness (QED) is 0.707. The second-order valence-corrected chi connectivity index (χ2v) is 7.67. The SMILES string of the molecule is C[C@H](C(=O)NCCCc1ccco1)N(c1ccc(F)c(F)c1)S(C)(=O)=O. The Kier molecular flexibility index (Phi) is 6.36. The van der Waals surface area contributed by atoms with E-state index < -0.39 is 33.6 Å². The summed E-state index contributed by atoms with van der Waals surface area (Å²) < 4.78 is 56.7. The lowest BCUT2D eigenvalue weighted by Crippen LogP contribution is -2.48. The summed E-state index contributed by atoms with van der Waals surface area (Å²) in [7, 11) is -3.89. The standard InChI is InChI=1S/C17H20F2N2O4S/c1-12(17(22)20-9-3-5-14-6-4-10-25-14)21(26(2,23)24)13-7-8-15(18)16(19)11-13/h4,6-8,10-12H,3,5,9H2,1-2H3,(H,20,22)/t12-/m1/s1. The lowest BCUT2D eigenvalue weighted by Gasteiger charge is -2.28.